The van der Waals surface area contributed by atoms with Crippen molar-refractivity contribution in [3.63, 3.8) is 0 Å². The third-order valence-corrected chi connectivity index (χ3v) is 10.3. The Hall–Kier alpha value is -1.30. The molecule has 0 spiro atoms. The van der Waals surface area contributed by atoms with Crippen LogP contribution in [0.2, 0.25) is 0 Å². The summed E-state index contributed by atoms with van der Waals surface area (Å²) < 4.78 is 11.4. The third-order valence-electron chi connectivity index (χ3n) is 7.38. The van der Waals surface area contributed by atoms with Gasteiger partial charge in [-0.2, -0.15) is 5.06 Å². The molecule has 5 aliphatic heterocycles. The van der Waals surface area contributed by atoms with E-state index in [-0.39, 0.29) is 40.2 Å². The number of rotatable bonds is 9. The molecular weight excluding hydrogens is 579 g/mol. The molecule has 16 heteroatoms. The number of hydroxylamine groups is 2. The number of carbonyl (C=O) groups excluding carboxylic acids is 3. The molecule has 0 unspecified atom stereocenters. The molecule has 40 heavy (non-hydrogen) atoms. The van der Waals surface area contributed by atoms with E-state index in [1.54, 1.807) is 0 Å². The number of carbonyl (C=O) groups is 4. The number of ether oxygens (including phenoxy) is 2. The second kappa shape index (κ2) is 12.5. The smallest absolute Gasteiger partial charge is 0.543 e. The second-order valence-electron chi connectivity index (χ2n) is 10.0. The average Bonchev–Trinajstić information content (AvgIpc) is 3.63. The van der Waals surface area contributed by atoms with Crippen LogP contribution in [0.1, 0.15) is 39.5 Å². The number of β-lactam (4-membered cyclic amide) rings is 1. The number of aliphatic hydroxyl groups is 2. The predicted octanol–water partition coefficient (Wildman–Crippen LogP) is -3.65. The van der Waals surface area contributed by atoms with Gasteiger partial charge in [0, 0.05) is 23.0 Å². The minimum absolute atomic E-state index is 0. The average molecular weight is 609 g/mol. The Morgan fingerprint density at radius 3 is 2.05 bits per heavy atom. The van der Waals surface area contributed by atoms with Crippen LogP contribution in [0.3, 0.4) is 0 Å². The Kier molecular flexibility index (Phi) is 9.90. The van der Waals surface area contributed by atoms with Crippen LogP contribution < -0.4 is 34.7 Å². The third kappa shape index (κ3) is 5.44. The minimum Gasteiger partial charge on any atom is -0.543 e. The van der Waals surface area contributed by atoms with E-state index in [1.807, 2.05) is 0 Å². The number of hydrogen-bond donors (Lipinski definition) is 3. The number of hydrogen-bond acceptors (Lipinski definition) is 13. The van der Waals surface area contributed by atoms with Gasteiger partial charge in [0.2, 0.25) is 5.91 Å². The summed E-state index contributed by atoms with van der Waals surface area (Å²) in [5.74, 6) is -7.01. The molecule has 3 saturated heterocycles. The van der Waals surface area contributed by atoms with Gasteiger partial charge in [0.1, 0.15) is 28.1 Å². The molecule has 3 N–H and O–H groups in total. The van der Waals surface area contributed by atoms with E-state index in [9.17, 15) is 39.6 Å². The number of carboxylic acids is 2. The second-order valence-corrected chi connectivity index (χ2v) is 12.3. The van der Waals surface area contributed by atoms with Crippen molar-refractivity contribution in [2.75, 3.05) is 13.2 Å². The number of thioether (sulfide) groups is 2. The van der Waals surface area contributed by atoms with Crippen LogP contribution in [-0.2, 0) is 33.5 Å². The van der Waals surface area contributed by atoms with Crippen LogP contribution in [0.4, 0.5) is 0 Å². The van der Waals surface area contributed by atoms with Gasteiger partial charge in [-0.1, -0.05) is 23.5 Å². The van der Waals surface area contributed by atoms with Gasteiger partial charge < -0.3 is 39.5 Å². The minimum atomic E-state index is -1.71. The molecule has 0 bridgehead atoms. The summed E-state index contributed by atoms with van der Waals surface area (Å²) in [6.07, 6.45) is -1.12. The molecule has 3 fully saturated rings. The fraction of sp³-hybridized carbons (Fsp3) is 0.667. The monoisotopic (exact) mass is 608 g/mol. The van der Waals surface area contributed by atoms with E-state index in [4.69, 9.17) is 14.3 Å². The molecule has 5 heterocycles. The van der Waals surface area contributed by atoms with Crippen molar-refractivity contribution in [1.82, 2.24) is 9.96 Å². The van der Waals surface area contributed by atoms with Gasteiger partial charge in [0.05, 0.1) is 36.3 Å². The molecule has 8 atom stereocenters. The van der Waals surface area contributed by atoms with Gasteiger partial charge in [-0.3, -0.25) is 14.5 Å². The summed E-state index contributed by atoms with van der Waals surface area (Å²) >= 11 is 2.05. The number of fused-ring (bicyclic) bond motifs is 1. The molecule has 0 radical (unpaired) electrons. The SMILES string of the molecule is C[C@@H](O)[C@@H](C(=O)O)[C@H]1SC([C@H]2CCCO2)=C(C(=O)[O-])N1OC(=O)C1=C([C@H]2CCCO2)S[C@@H]2[C@@H]([C@@H](C)O)C(=O)N12.[Na+]. The van der Waals surface area contributed by atoms with Crippen LogP contribution in [0, 0.1) is 11.8 Å². The largest absolute Gasteiger partial charge is 1.00 e. The van der Waals surface area contributed by atoms with Crippen molar-refractivity contribution >= 4 is 47.3 Å². The summed E-state index contributed by atoms with van der Waals surface area (Å²) in [6, 6.07) is 0. The van der Waals surface area contributed by atoms with Crippen molar-refractivity contribution < 1.29 is 83.5 Å². The number of nitrogens with zero attached hydrogens (tertiary/aromatic N) is 2. The number of carboxylic acid groups (broad SMARTS) is 2. The number of amides is 1. The summed E-state index contributed by atoms with van der Waals surface area (Å²) in [4.78, 5) is 58.6. The fourth-order valence-corrected chi connectivity index (χ4v) is 8.81. The first-order valence-corrected chi connectivity index (χ1v) is 14.5. The summed E-state index contributed by atoms with van der Waals surface area (Å²) in [5, 5.41) is 41.4. The summed E-state index contributed by atoms with van der Waals surface area (Å²) in [6.45, 7) is 3.56. The van der Waals surface area contributed by atoms with Gasteiger partial charge in [-0.25, -0.2) is 4.79 Å². The molecule has 0 aromatic carbocycles. The van der Waals surface area contributed by atoms with Crippen LogP contribution in [0.25, 0.3) is 0 Å². The van der Waals surface area contributed by atoms with E-state index in [0.29, 0.717) is 42.4 Å². The maximum atomic E-state index is 13.8. The molecule has 0 aliphatic carbocycles. The van der Waals surface area contributed by atoms with Crippen molar-refractivity contribution in [2.45, 2.75) is 74.7 Å². The zero-order valence-corrected chi connectivity index (χ0v) is 25.8. The zero-order valence-electron chi connectivity index (χ0n) is 22.2. The molecule has 13 nitrogen and oxygen atoms in total. The van der Waals surface area contributed by atoms with E-state index < -0.39 is 76.5 Å². The standard InChI is InChI=1S/C24H30N2O11S2.Na/c1-9(27)13-19(29)25-16(18(38-20(13)25)12-6-4-8-36-12)24(34)37-26-15(23(32)33)17(11-5-3-7-35-11)39-21(26)14(10(2)28)22(30)31;/h9-14,20-21,27-28H,3-8H2,1-2H3,(H,30,31)(H,32,33);/q;+1/p-1/t9-,10-,11-,12-,13+,14-,20-,21-;/m1./s1. The van der Waals surface area contributed by atoms with Crippen LogP contribution in [0.15, 0.2) is 21.2 Å². The quantitative estimate of drug-likeness (QED) is 0.172. The number of aliphatic hydroxyl groups excluding tert-OH is 2. The normalized spacial score (nSPS) is 32.0. The molecule has 5 rings (SSSR count). The van der Waals surface area contributed by atoms with E-state index in [1.165, 1.54) is 30.5 Å². The summed E-state index contributed by atoms with van der Waals surface area (Å²) in [7, 11) is 0. The molecule has 0 aromatic heterocycles. The zero-order chi connectivity index (χ0) is 28.2. The Bertz CT molecular complexity index is 1130. The molecule has 1 amide bonds. The van der Waals surface area contributed by atoms with Gasteiger partial charge >= 0.3 is 41.5 Å². The molecule has 5 aliphatic rings. The van der Waals surface area contributed by atoms with Crippen LogP contribution in [0.5, 0.6) is 0 Å². The van der Waals surface area contributed by atoms with Crippen molar-refractivity contribution in [3.05, 3.63) is 21.2 Å². The topological polar surface area (TPSA) is 186 Å². The molecule has 0 saturated carbocycles. The predicted molar refractivity (Wildman–Crippen MR) is 133 cm³/mol. The Morgan fingerprint density at radius 1 is 1.02 bits per heavy atom. The Labute approximate surface area is 260 Å². The first-order valence-electron chi connectivity index (χ1n) is 12.7. The Morgan fingerprint density at radius 2 is 1.60 bits per heavy atom. The van der Waals surface area contributed by atoms with Crippen molar-refractivity contribution in [3.8, 4) is 0 Å². The van der Waals surface area contributed by atoms with Crippen LogP contribution >= 0.6 is 23.5 Å². The van der Waals surface area contributed by atoms with Gasteiger partial charge in [-0.15, -0.1) is 0 Å². The fourth-order valence-electron chi connectivity index (χ4n) is 5.50. The molecular formula is C24H29N2NaO11S2. The van der Waals surface area contributed by atoms with E-state index in [0.717, 1.165) is 18.2 Å². The first kappa shape index (κ1) is 31.6. The van der Waals surface area contributed by atoms with Gasteiger partial charge in [-0.05, 0) is 39.5 Å². The van der Waals surface area contributed by atoms with Crippen molar-refractivity contribution in [2.24, 2.45) is 11.8 Å². The number of aliphatic carboxylic acids is 2. The van der Waals surface area contributed by atoms with Gasteiger partial charge in [0.25, 0.3) is 0 Å². The molecule has 0 aromatic rings. The first-order chi connectivity index (χ1) is 18.5. The van der Waals surface area contributed by atoms with E-state index >= 15 is 0 Å². The maximum absolute atomic E-state index is 13.8. The van der Waals surface area contributed by atoms with E-state index in [2.05, 4.69) is 0 Å². The maximum Gasteiger partial charge on any atom is 1.00 e. The van der Waals surface area contributed by atoms with Gasteiger partial charge in [0.15, 0.2) is 0 Å². The molecule has 214 valence electrons. The Balaban J connectivity index is 0.00000370. The van der Waals surface area contributed by atoms with Crippen LogP contribution in [-0.4, -0.2) is 97.5 Å². The van der Waals surface area contributed by atoms with Crippen molar-refractivity contribution in [1.29, 1.82) is 0 Å². The summed E-state index contributed by atoms with van der Waals surface area (Å²) in [5.41, 5.74) is -0.690.